The third kappa shape index (κ3) is 1.98. The Morgan fingerprint density at radius 1 is 1.28 bits per heavy atom. The van der Waals surface area contributed by atoms with Crippen LogP contribution in [-0.4, -0.2) is 9.97 Å². The van der Waals surface area contributed by atoms with E-state index in [-0.39, 0.29) is 5.82 Å². The molecule has 92 valence electrons. The first-order chi connectivity index (χ1) is 8.72. The summed E-state index contributed by atoms with van der Waals surface area (Å²) in [5.74, 6) is -0.478. The molecule has 0 atom stereocenters. The zero-order chi connectivity index (χ0) is 12.5. The van der Waals surface area contributed by atoms with Crippen molar-refractivity contribution in [3.63, 3.8) is 0 Å². The first kappa shape index (κ1) is 10.9. The van der Waals surface area contributed by atoms with Crippen LogP contribution in [0.1, 0.15) is 11.1 Å². The van der Waals surface area contributed by atoms with Crippen molar-refractivity contribution in [2.75, 3.05) is 11.1 Å². The number of aromatic nitrogens is 2. The van der Waals surface area contributed by atoms with Crippen molar-refractivity contribution >= 4 is 17.5 Å². The molecule has 2 heterocycles. The number of fused-ring (bicyclic) bond motifs is 1. The molecule has 1 aromatic carbocycles. The number of nitrogens with two attached hydrogens (primary N) is 1. The van der Waals surface area contributed by atoms with E-state index in [0.717, 1.165) is 25.0 Å². The van der Waals surface area contributed by atoms with Crippen molar-refractivity contribution in [2.45, 2.75) is 13.1 Å². The number of benzene rings is 1. The highest BCUT2D eigenvalue weighted by Crippen LogP contribution is 2.22. The van der Waals surface area contributed by atoms with E-state index in [2.05, 4.69) is 20.6 Å². The van der Waals surface area contributed by atoms with Crippen molar-refractivity contribution in [3.05, 3.63) is 41.3 Å². The van der Waals surface area contributed by atoms with Crippen LogP contribution in [0.4, 0.5) is 21.8 Å². The minimum absolute atomic E-state index is 0.157. The number of nitrogen functional groups attached to an aromatic ring is 1. The third-order valence-electron chi connectivity index (χ3n) is 2.86. The molecule has 0 saturated carbocycles. The molecule has 0 radical (unpaired) electrons. The van der Waals surface area contributed by atoms with Crippen LogP contribution in [0.15, 0.2) is 24.4 Å². The predicted octanol–water partition coefficient (Wildman–Crippen LogP) is 1.54. The van der Waals surface area contributed by atoms with E-state index in [1.54, 1.807) is 0 Å². The van der Waals surface area contributed by atoms with Crippen LogP contribution in [0.5, 0.6) is 0 Å². The van der Waals surface area contributed by atoms with Crippen molar-refractivity contribution in [2.24, 2.45) is 0 Å². The lowest BCUT2D eigenvalue weighted by Crippen LogP contribution is -2.02. The molecular formula is C12H12FN5. The van der Waals surface area contributed by atoms with Crippen molar-refractivity contribution in [3.8, 4) is 0 Å². The molecule has 4 N–H and O–H groups in total. The van der Waals surface area contributed by atoms with E-state index in [9.17, 15) is 4.39 Å². The van der Waals surface area contributed by atoms with Gasteiger partial charge in [0.05, 0.1) is 6.20 Å². The average Bonchev–Trinajstić information content (AvgIpc) is 2.81. The molecule has 2 aromatic rings. The molecular weight excluding hydrogens is 233 g/mol. The van der Waals surface area contributed by atoms with Gasteiger partial charge in [-0.15, -0.1) is 0 Å². The standard InChI is InChI=1S/C12H12FN5/c13-10-6-16-12(18-11(10)14)17-9-2-1-7-4-15-5-8(7)3-9/h1-3,6,15H,4-5H2,(H3,14,16,17,18). The molecule has 1 aromatic heterocycles. The molecule has 1 aliphatic rings. The predicted molar refractivity (Wildman–Crippen MR) is 66.7 cm³/mol. The van der Waals surface area contributed by atoms with Crippen LogP contribution in [0.3, 0.4) is 0 Å². The van der Waals surface area contributed by atoms with E-state index < -0.39 is 5.82 Å². The van der Waals surface area contributed by atoms with Gasteiger partial charge < -0.3 is 16.4 Å². The Balaban J connectivity index is 1.85. The van der Waals surface area contributed by atoms with Crippen LogP contribution in [0.2, 0.25) is 0 Å². The topological polar surface area (TPSA) is 75.9 Å². The smallest absolute Gasteiger partial charge is 0.229 e. The van der Waals surface area contributed by atoms with E-state index in [1.807, 2.05) is 18.2 Å². The Morgan fingerprint density at radius 2 is 2.11 bits per heavy atom. The van der Waals surface area contributed by atoms with Gasteiger partial charge in [0, 0.05) is 18.8 Å². The number of halogens is 1. The van der Waals surface area contributed by atoms with Crippen LogP contribution in [0.25, 0.3) is 0 Å². The molecule has 5 nitrogen and oxygen atoms in total. The molecule has 0 amide bonds. The molecule has 0 saturated heterocycles. The van der Waals surface area contributed by atoms with Gasteiger partial charge in [-0.25, -0.2) is 9.37 Å². The largest absolute Gasteiger partial charge is 0.381 e. The number of hydrogen-bond donors (Lipinski definition) is 3. The number of nitrogens with one attached hydrogen (secondary N) is 2. The van der Waals surface area contributed by atoms with Crippen LogP contribution in [-0.2, 0) is 13.1 Å². The van der Waals surface area contributed by atoms with Gasteiger partial charge in [-0.2, -0.15) is 4.98 Å². The molecule has 0 fully saturated rings. The summed E-state index contributed by atoms with van der Waals surface area (Å²) in [5, 5.41) is 6.27. The first-order valence-electron chi connectivity index (χ1n) is 5.60. The van der Waals surface area contributed by atoms with Crippen LogP contribution < -0.4 is 16.4 Å². The van der Waals surface area contributed by atoms with Gasteiger partial charge in [0.15, 0.2) is 11.6 Å². The van der Waals surface area contributed by atoms with Gasteiger partial charge in [0.25, 0.3) is 0 Å². The minimum atomic E-state index is -0.612. The molecule has 0 unspecified atom stereocenters. The third-order valence-corrected chi connectivity index (χ3v) is 2.86. The highest BCUT2D eigenvalue weighted by Gasteiger charge is 2.10. The molecule has 1 aliphatic heterocycles. The summed E-state index contributed by atoms with van der Waals surface area (Å²) in [7, 11) is 0. The van der Waals surface area contributed by atoms with Gasteiger partial charge in [-0.05, 0) is 23.3 Å². The Labute approximate surface area is 103 Å². The zero-order valence-corrected chi connectivity index (χ0v) is 9.57. The van der Waals surface area contributed by atoms with E-state index >= 15 is 0 Å². The average molecular weight is 245 g/mol. The second-order valence-corrected chi connectivity index (χ2v) is 4.14. The highest BCUT2D eigenvalue weighted by atomic mass is 19.1. The Kier molecular flexibility index (Phi) is 2.56. The van der Waals surface area contributed by atoms with Crippen molar-refractivity contribution in [1.82, 2.24) is 15.3 Å². The molecule has 0 aliphatic carbocycles. The fraction of sp³-hybridized carbons (Fsp3) is 0.167. The quantitative estimate of drug-likeness (QED) is 0.748. The maximum absolute atomic E-state index is 12.9. The fourth-order valence-electron chi connectivity index (χ4n) is 1.94. The molecule has 0 spiro atoms. The zero-order valence-electron chi connectivity index (χ0n) is 9.57. The van der Waals surface area contributed by atoms with Crippen molar-refractivity contribution in [1.29, 1.82) is 0 Å². The normalized spacial score (nSPS) is 13.4. The summed E-state index contributed by atoms with van der Waals surface area (Å²) < 4.78 is 12.9. The lowest BCUT2D eigenvalue weighted by atomic mass is 10.1. The van der Waals surface area contributed by atoms with Gasteiger partial charge >= 0.3 is 0 Å². The molecule has 3 rings (SSSR count). The van der Waals surface area contributed by atoms with Gasteiger partial charge in [-0.1, -0.05) is 6.07 Å². The van der Waals surface area contributed by atoms with Gasteiger partial charge in [0.1, 0.15) is 0 Å². The maximum atomic E-state index is 12.9. The lowest BCUT2D eigenvalue weighted by Gasteiger charge is -2.07. The molecule has 0 bridgehead atoms. The van der Waals surface area contributed by atoms with E-state index in [0.29, 0.717) is 5.95 Å². The van der Waals surface area contributed by atoms with Crippen molar-refractivity contribution < 1.29 is 4.39 Å². The summed E-state index contributed by atoms with van der Waals surface area (Å²) in [6.07, 6.45) is 1.06. The number of nitrogens with zero attached hydrogens (tertiary/aromatic N) is 2. The summed E-state index contributed by atoms with van der Waals surface area (Å²) in [5.41, 5.74) is 8.79. The van der Waals surface area contributed by atoms with Gasteiger partial charge in [-0.3, -0.25) is 0 Å². The summed E-state index contributed by atoms with van der Waals surface area (Å²) in [6.45, 7) is 1.76. The monoisotopic (exact) mass is 245 g/mol. The van der Waals surface area contributed by atoms with Crippen LogP contribution in [0, 0.1) is 5.82 Å². The summed E-state index contributed by atoms with van der Waals surface area (Å²) in [4.78, 5) is 7.66. The maximum Gasteiger partial charge on any atom is 0.229 e. The molecule has 18 heavy (non-hydrogen) atoms. The Bertz CT molecular complexity index is 599. The summed E-state index contributed by atoms with van der Waals surface area (Å²) >= 11 is 0. The second-order valence-electron chi connectivity index (χ2n) is 4.14. The van der Waals surface area contributed by atoms with E-state index in [4.69, 9.17) is 5.73 Å². The van der Waals surface area contributed by atoms with E-state index in [1.165, 1.54) is 11.1 Å². The first-order valence-corrected chi connectivity index (χ1v) is 5.60. The van der Waals surface area contributed by atoms with Gasteiger partial charge in [0.2, 0.25) is 5.95 Å². The summed E-state index contributed by atoms with van der Waals surface area (Å²) in [6, 6.07) is 6.01. The fourth-order valence-corrected chi connectivity index (χ4v) is 1.94. The number of rotatable bonds is 2. The lowest BCUT2D eigenvalue weighted by molar-refractivity contribution is 0.620. The van der Waals surface area contributed by atoms with Crippen LogP contribution >= 0.6 is 0 Å². The Hall–Kier alpha value is -2.21. The highest BCUT2D eigenvalue weighted by molar-refractivity contribution is 5.57. The number of hydrogen-bond acceptors (Lipinski definition) is 5. The number of anilines is 3. The second kappa shape index (κ2) is 4.23. The minimum Gasteiger partial charge on any atom is -0.381 e. The SMILES string of the molecule is Nc1nc(Nc2ccc3c(c2)CNC3)ncc1F. The Morgan fingerprint density at radius 3 is 2.94 bits per heavy atom. The molecule has 6 heteroatoms.